The number of hydrogen-bond acceptors (Lipinski definition) is 5. The summed E-state index contributed by atoms with van der Waals surface area (Å²) >= 11 is 0. The van der Waals surface area contributed by atoms with Crippen molar-refractivity contribution < 1.29 is 23.9 Å². The molecule has 1 fully saturated rings. The summed E-state index contributed by atoms with van der Waals surface area (Å²) in [6, 6.07) is 0. The van der Waals surface area contributed by atoms with Gasteiger partial charge in [0, 0.05) is 39.8 Å². The van der Waals surface area contributed by atoms with Gasteiger partial charge in [0.05, 0.1) is 5.92 Å². The molecule has 0 unspecified atom stereocenters. The molecule has 0 saturated carbocycles. The average Bonchev–Trinajstić information content (AvgIpc) is 2.78. The Morgan fingerprint density at radius 2 is 1.90 bits per heavy atom. The van der Waals surface area contributed by atoms with Crippen LogP contribution in [0, 0.1) is 17.8 Å². The number of likely N-dealkylation sites (tertiary alicyclic amines) is 1. The predicted octanol–water partition coefficient (Wildman–Crippen LogP) is 1.11. The fourth-order valence-electron chi connectivity index (χ4n) is 3.07. The van der Waals surface area contributed by atoms with Gasteiger partial charge in [0.1, 0.15) is 12.4 Å². The lowest BCUT2D eigenvalue weighted by Crippen LogP contribution is -2.28. The summed E-state index contributed by atoms with van der Waals surface area (Å²) in [6.45, 7) is 5.84. The van der Waals surface area contributed by atoms with Crippen molar-refractivity contribution >= 4 is 17.8 Å². The molecule has 6 heteroatoms. The van der Waals surface area contributed by atoms with Crippen LogP contribution in [0.1, 0.15) is 27.2 Å². The maximum absolute atomic E-state index is 11.5. The molecular formula is C15H21NO5. The van der Waals surface area contributed by atoms with Crippen molar-refractivity contribution in [3.63, 3.8) is 0 Å². The normalized spacial score (nSPS) is 27.7. The molecule has 0 N–H and O–H groups in total. The number of ether oxygens (including phenoxy) is 2. The van der Waals surface area contributed by atoms with Crippen LogP contribution < -0.4 is 0 Å². The van der Waals surface area contributed by atoms with Gasteiger partial charge in [0.15, 0.2) is 0 Å². The van der Waals surface area contributed by atoms with E-state index in [1.54, 1.807) is 6.92 Å². The maximum Gasteiger partial charge on any atom is 0.307 e. The third-order valence-corrected chi connectivity index (χ3v) is 4.05. The second-order valence-electron chi connectivity index (χ2n) is 5.75. The lowest BCUT2D eigenvalue weighted by molar-refractivity contribution is -0.143. The SMILES string of the molecule is CC(=O)OC[C@H]1C[C@H]2CN(C(C)=O)C[C@H]2C=C1OC(C)=O. The molecule has 2 aliphatic rings. The minimum Gasteiger partial charge on any atom is -0.465 e. The van der Waals surface area contributed by atoms with Crippen LogP contribution >= 0.6 is 0 Å². The minimum atomic E-state index is -0.381. The molecule has 0 aromatic carbocycles. The van der Waals surface area contributed by atoms with Crippen molar-refractivity contribution in [3.05, 3.63) is 11.8 Å². The van der Waals surface area contributed by atoms with Crippen LogP contribution in [0.3, 0.4) is 0 Å². The zero-order chi connectivity index (χ0) is 15.6. The summed E-state index contributed by atoms with van der Waals surface area (Å²) in [7, 11) is 0. The summed E-state index contributed by atoms with van der Waals surface area (Å²) < 4.78 is 10.3. The third kappa shape index (κ3) is 3.83. The standard InChI is InChI=1S/C15H21NO5/c1-9(17)16-6-12-4-14(8-20-10(2)18)15(21-11(3)19)5-13(12)7-16/h5,12-14H,4,6-8H2,1-3H3/t12-,13+,14+/m0/s1. The molecule has 1 heterocycles. The van der Waals surface area contributed by atoms with Gasteiger partial charge in [-0.25, -0.2) is 0 Å². The van der Waals surface area contributed by atoms with Crippen molar-refractivity contribution in [1.29, 1.82) is 0 Å². The van der Waals surface area contributed by atoms with Gasteiger partial charge in [-0.2, -0.15) is 0 Å². The van der Waals surface area contributed by atoms with Crippen molar-refractivity contribution in [1.82, 2.24) is 4.90 Å². The molecular weight excluding hydrogens is 274 g/mol. The Morgan fingerprint density at radius 1 is 1.19 bits per heavy atom. The monoisotopic (exact) mass is 295 g/mol. The molecule has 0 aromatic rings. The summed E-state index contributed by atoms with van der Waals surface area (Å²) in [5, 5.41) is 0. The topological polar surface area (TPSA) is 72.9 Å². The molecule has 2 rings (SSSR count). The first-order valence-electron chi connectivity index (χ1n) is 7.15. The van der Waals surface area contributed by atoms with Crippen LogP contribution in [0.4, 0.5) is 0 Å². The minimum absolute atomic E-state index is 0.0587. The third-order valence-electron chi connectivity index (χ3n) is 4.05. The Balaban J connectivity index is 2.11. The van der Waals surface area contributed by atoms with Gasteiger partial charge in [-0.1, -0.05) is 0 Å². The van der Waals surface area contributed by atoms with Crippen LogP contribution in [0.15, 0.2) is 11.8 Å². The molecule has 0 radical (unpaired) electrons. The first kappa shape index (κ1) is 15.5. The van der Waals surface area contributed by atoms with E-state index in [2.05, 4.69) is 0 Å². The summed E-state index contributed by atoms with van der Waals surface area (Å²) in [5.74, 6) is 0.306. The molecule has 6 nitrogen and oxygen atoms in total. The van der Waals surface area contributed by atoms with E-state index in [0.717, 1.165) is 6.42 Å². The first-order chi connectivity index (χ1) is 9.86. The fraction of sp³-hybridized carbons (Fsp3) is 0.667. The van der Waals surface area contributed by atoms with E-state index >= 15 is 0 Å². The van der Waals surface area contributed by atoms with E-state index in [4.69, 9.17) is 9.47 Å². The van der Waals surface area contributed by atoms with E-state index < -0.39 is 0 Å². The van der Waals surface area contributed by atoms with Gasteiger partial charge < -0.3 is 14.4 Å². The van der Waals surface area contributed by atoms with E-state index in [1.807, 2.05) is 11.0 Å². The second kappa shape index (κ2) is 6.28. The highest BCUT2D eigenvalue weighted by Gasteiger charge is 2.40. The number of fused-ring (bicyclic) bond motifs is 1. The molecule has 0 bridgehead atoms. The second-order valence-corrected chi connectivity index (χ2v) is 5.75. The number of carbonyl (C=O) groups is 3. The molecule has 21 heavy (non-hydrogen) atoms. The lowest BCUT2D eigenvalue weighted by atomic mass is 9.80. The Hall–Kier alpha value is -1.85. The van der Waals surface area contributed by atoms with Gasteiger partial charge in [0.2, 0.25) is 5.91 Å². The Morgan fingerprint density at radius 3 is 2.48 bits per heavy atom. The molecule has 0 spiro atoms. The van der Waals surface area contributed by atoms with Crippen LogP contribution in [-0.2, 0) is 23.9 Å². The summed E-state index contributed by atoms with van der Waals surface area (Å²) in [6.07, 6.45) is 2.67. The van der Waals surface area contributed by atoms with Gasteiger partial charge >= 0.3 is 11.9 Å². The number of nitrogens with zero attached hydrogens (tertiary/aromatic N) is 1. The highest BCUT2D eigenvalue weighted by atomic mass is 16.5. The Kier molecular flexibility index (Phi) is 4.65. The van der Waals surface area contributed by atoms with Crippen LogP contribution in [-0.4, -0.2) is 42.4 Å². The van der Waals surface area contributed by atoms with E-state index in [9.17, 15) is 14.4 Å². The highest BCUT2D eigenvalue weighted by molar-refractivity contribution is 5.73. The van der Waals surface area contributed by atoms with Crippen LogP contribution in [0.25, 0.3) is 0 Å². The largest absolute Gasteiger partial charge is 0.465 e. The number of esters is 2. The van der Waals surface area contributed by atoms with Crippen molar-refractivity contribution in [3.8, 4) is 0 Å². The van der Waals surface area contributed by atoms with Crippen molar-refractivity contribution in [2.75, 3.05) is 19.7 Å². The van der Waals surface area contributed by atoms with E-state index in [-0.39, 0.29) is 36.3 Å². The molecule has 1 aliphatic heterocycles. The molecule has 1 aliphatic carbocycles. The number of hydrogen-bond donors (Lipinski definition) is 0. The number of amides is 1. The fourth-order valence-corrected chi connectivity index (χ4v) is 3.07. The zero-order valence-corrected chi connectivity index (χ0v) is 12.6. The van der Waals surface area contributed by atoms with Crippen LogP contribution in [0.5, 0.6) is 0 Å². The Bertz CT molecular complexity index is 484. The smallest absolute Gasteiger partial charge is 0.307 e. The van der Waals surface area contributed by atoms with Crippen molar-refractivity contribution in [2.24, 2.45) is 17.8 Å². The Labute approximate surface area is 124 Å². The molecule has 3 atom stereocenters. The maximum atomic E-state index is 11.5. The lowest BCUT2D eigenvalue weighted by Gasteiger charge is -2.29. The van der Waals surface area contributed by atoms with Crippen molar-refractivity contribution in [2.45, 2.75) is 27.2 Å². The molecule has 0 aromatic heterocycles. The van der Waals surface area contributed by atoms with E-state index in [1.165, 1.54) is 13.8 Å². The van der Waals surface area contributed by atoms with Crippen LogP contribution in [0.2, 0.25) is 0 Å². The average molecular weight is 295 g/mol. The predicted molar refractivity (Wildman–Crippen MR) is 73.8 cm³/mol. The summed E-state index contributed by atoms with van der Waals surface area (Å²) in [4.78, 5) is 35.5. The number of rotatable bonds is 3. The quantitative estimate of drug-likeness (QED) is 0.729. The van der Waals surface area contributed by atoms with Gasteiger partial charge in [-0.3, -0.25) is 14.4 Å². The van der Waals surface area contributed by atoms with Gasteiger partial charge in [-0.15, -0.1) is 0 Å². The summed E-state index contributed by atoms with van der Waals surface area (Å²) in [5.41, 5.74) is 0. The number of carbonyl (C=O) groups excluding carboxylic acids is 3. The zero-order valence-electron chi connectivity index (χ0n) is 12.6. The van der Waals surface area contributed by atoms with Gasteiger partial charge in [0.25, 0.3) is 0 Å². The molecule has 116 valence electrons. The van der Waals surface area contributed by atoms with E-state index in [0.29, 0.717) is 24.8 Å². The molecule has 1 amide bonds. The highest BCUT2D eigenvalue weighted by Crippen LogP contribution is 2.38. The van der Waals surface area contributed by atoms with Gasteiger partial charge in [-0.05, 0) is 18.4 Å². The molecule has 1 saturated heterocycles. The first-order valence-corrected chi connectivity index (χ1v) is 7.15.